The summed E-state index contributed by atoms with van der Waals surface area (Å²) in [7, 11) is 0. The predicted octanol–water partition coefficient (Wildman–Crippen LogP) is 2.35. The third-order valence-electron chi connectivity index (χ3n) is 3.42. The van der Waals surface area contributed by atoms with E-state index >= 15 is 0 Å². The lowest BCUT2D eigenvalue weighted by Gasteiger charge is -2.25. The molecule has 0 fully saturated rings. The van der Waals surface area contributed by atoms with Crippen LogP contribution in [0.2, 0.25) is 0 Å². The summed E-state index contributed by atoms with van der Waals surface area (Å²) in [5, 5.41) is 19.3. The number of carbonyl (C=O) groups is 1. The molecule has 2 rings (SSSR count). The lowest BCUT2D eigenvalue weighted by molar-refractivity contribution is 0.0585. The lowest BCUT2D eigenvalue weighted by Crippen LogP contribution is -2.39. The SMILES string of the molecule is CC(C)(C)C(O)CNC(=O)c1cc(-c2ccc(F)cc2)n[nH]1. The number of amides is 1. The van der Waals surface area contributed by atoms with Gasteiger partial charge in [-0.05, 0) is 35.7 Å². The summed E-state index contributed by atoms with van der Waals surface area (Å²) in [5.74, 6) is -0.669. The van der Waals surface area contributed by atoms with Crippen LogP contribution in [0.1, 0.15) is 31.3 Å². The maximum atomic E-state index is 12.9. The van der Waals surface area contributed by atoms with E-state index in [1.165, 1.54) is 12.1 Å². The zero-order chi connectivity index (χ0) is 16.3. The van der Waals surface area contributed by atoms with Crippen LogP contribution < -0.4 is 5.32 Å². The molecule has 0 saturated heterocycles. The molecule has 22 heavy (non-hydrogen) atoms. The lowest BCUT2D eigenvalue weighted by atomic mass is 9.89. The molecule has 1 unspecified atom stereocenters. The average molecular weight is 305 g/mol. The van der Waals surface area contributed by atoms with E-state index in [4.69, 9.17) is 0 Å². The molecule has 5 nitrogen and oxygen atoms in total. The molecule has 1 aromatic carbocycles. The van der Waals surface area contributed by atoms with E-state index in [1.54, 1.807) is 18.2 Å². The zero-order valence-electron chi connectivity index (χ0n) is 12.9. The van der Waals surface area contributed by atoms with Crippen molar-refractivity contribution >= 4 is 5.91 Å². The Hall–Kier alpha value is -2.21. The maximum absolute atomic E-state index is 12.9. The Morgan fingerprint density at radius 2 is 2.00 bits per heavy atom. The number of hydrogen-bond donors (Lipinski definition) is 3. The summed E-state index contributed by atoms with van der Waals surface area (Å²) in [5.41, 5.74) is 1.26. The Balaban J connectivity index is 2.02. The summed E-state index contributed by atoms with van der Waals surface area (Å²) < 4.78 is 12.9. The first-order chi connectivity index (χ1) is 10.3. The smallest absolute Gasteiger partial charge is 0.269 e. The van der Waals surface area contributed by atoms with Crippen molar-refractivity contribution in [1.82, 2.24) is 15.5 Å². The Bertz CT molecular complexity index is 644. The molecule has 6 heteroatoms. The van der Waals surface area contributed by atoms with E-state index in [9.17, 15) is 14.3 Å². The molecule has 0 spiro atoms. The topological polar surface area (TPSA) is 78.0 Å². The number of halogens is 1. The van der Waals surface area contributed by atoms with E-state index in [0.29, 0.717) is 17.0 Å². The number of hydrogen-bond acceptors (Lipinski definition) is 3. The molecule has 0 aliphatic rings. The van der Waals surface area contributed by atoms with Crippen molar-refractivity contribution in [3.8, 4) is 11.3 Å². The molecule has 3 N–H and O–H groups in total. The monoisotopic (exact) mass is 305 g/mol. The second-order valence-electron chi connectivity index (χ2n) is 6.27. The van der Waals surface area contributed by atoms with Gasteiger partial charge in [-0.15, -0.1) is 0 Å². The standard InChI is InChI=1S/C16H20FN3O2/c1-16(2,3)14(21)9-18-15(22)13-8-12(19-20-13)10-4-6-11(17)7-5-10/h4-8,14,21H,9H2,1-3H3,(H,18,22)(H,19,20). The predicted molar refractivity (Wildman–Crippen MR) is 81.8 cm³/mol. The highest BCUT2D eigenvalue weighted by molar-refractivity contribution is 5.93. The third-order valence-corrected chi connectivity index (χ3v) is 3.42. The van der Waals surface area contributed by atoms with Crippen LogP contribution in [-0.2, 0) is 0 Å². The van der Waals surface area contributed by atoms with Gasteiger partial charge in [0.05, 0.1) is 11.8 Å². The molecular formula is C16H20FN3O2. The minimum absolute atomic E-state index is 0.160. The third kappa shape index (κ3) is 3.92. The van der Waals surface area contributed by atoms with Gasteiger partial charge in [-0.2, -0.15) is 5.10 Å². The van der Waals surface area contributed by atoms with Gasteiger partial charge in [0.25, 0.3) is 5.91 Å². The second kappa shape index (κ2) is 6.27. The first kappa shape index (κ1) is 16.2. The highest BCUT2D eigenvalue weighted by atomic mass is 19.1. The fourth-order valence-electron chi connectivity index (χ4n) is 1.80. The van der Waals surface area contributed by atoms with Crippen LogP contribution in [0.5, 0.6) is 0 Å². The first-order valence-corrected chi connectivity index (χ1v) is 7.05. The Morgan fingerprint density at radius 1 is 1.36 bits per heavy atom. The van der Waals surface area contributed by atoms with Crippen molar-refractivity contribution in [2.75, 3.05) is 6.54 Å². The van der Waals surface area contributed by atoms with Crippen LogP contribution in [0.15, 0.2) is 30.3 Å². The van der Waals surface area contributed by atoms with E-state index in [2.05, 4.69) is 15.5 Å². The molecule has 0 aliphatic carbocycles. The largest absolute Gasteiger partial charge is 0.391 e. The van der Waals surface area contributed by atoms with Crippen molar-refractivity contribution in [3.63, 3.8) is 0 Å². The highest BCUT2D eigenvalue weighted by Crippen LogP contribution is 2.19. The van der Waals surface area contributed by atoms with Crippen molar-refractivity contribution < 1.29 is 14.3 Å². The molecule has 1 amide bonds. The number of aliphatic hydroxyl groups is 1. The van der Waals surface area contributed by atoms with Gasteiger partial charge < -0.3 is 10.4 Å². The minimum Gasteiger partial charge on any atom is -0.391 e. The molecule has 1 atom stereocenters. The number of aromatic amines is 1. The van der Waals surface area contributed by atoms with E-state index in [0.717, 1.165) is 0 Å². The number of H-pyrrole nitrogens is 1. The second-order valence-corrected chi connectivity index (χ2v) is 6.27. The molecular weight excluding hydrogens is 285 g/mol. The van der Waals surface area contributed by atoms with Crippen molar-refractivity contribution in [3.05, 3.63) is 41.8 Å². The molecule has 2 aromatic rings. The van der Waals surface area contributed by atoms with Gasteiger partial charge >= 0.3 is 0 Å². The Morgan fingerprint density at radius 3 is 2.59 bits per heavy atom. The van der Waals surface area contributed by atoms with Crippen molar-refractivity contribution in [2.45, 2.75) is 26.9 Å². The quantitative estimate of drug-likeness (QED) is 0.811. The van der Waals surface area contributed by atoms with Crippen LogP contribution in [0.25, 0.3) is 11.3 Å². The van der Waals surface area contributed by atoms with Gasteiger partial charge in [0.2, 0.25) is 0 Å². The first-order valence-electron chi connectivity index (χ1n) is 7.05. The van der Waals surface area contributed by atoms with Crippen LogP contribution in [0, 0.1) is 11.2 Å². The van der Waals surface area contributed by atoms with Crippen molar-refractivity contribution in [1.29, 1.82) is 0 Å². The van der Waals surface area contributed by atoms with Gasteiger partial charge in [-0.3, -0.25) is 9.89 Å². The van der Waals surface area contributed by atoms with Gasteiger partial charge in [0.1, 0.15) is 11.5 Å². The average Bonchev–Trinajstić information content (AvgIpc) is 2.94. The fraction of sp³-hybridized carbons (Fsp3) is 0.375. The molecule has 0 saturated carbocycles. The molecule has 0 aliphatic heterocycles. The van der Waals surface area contributed by atoms with Crippen molar-refractivity contribution in [2.24, 2.45) is 5.41 Å². The van der Waals surface area contributed by atoms with E-state index in [1.807, 2.05) is 20.8 Å². The summed E-state index contributed by atoms with van der Waals surface area (Å²) in [4.78, 5) is 12.0. The molecule has 118 valence electrons. The number of aliphatic hydroxyl groups excluding tert-OH is 1. The number of nitrogens with one attached hydrogen (secondary N) is 2. The van der Waals surface area contributed by atoms with Gasteiger partial charge in [0.15, 0.2) is 0 Å². The minimum atomic E-state index is -0.643. The summed E-state index contributed by atoms with van der Waals surface area (Å²) in [6.07, 6.45) is -0.643. The Kier molecular flexibility index (Phi) is 4.61. The van der Waals surface area contributed by atoms with Gasteiger partial charge in [-0.1, -0.05) is 20.8 Å². The van der Waals surface area contributed by atoms with Crippen LogP contribution in [0.4, 0.5) is 4.39 Å². The van der Waals surface area contributed by atoms with Crippen LogP contribution in [-0.4, -0.2) is 33.9 Å². The molecule has 1 heterocycles. The summed E-state index contributed by atoms with van der Waals surface area (Å²) in [6.45, 7) is 5.85. The normalized spacial score (nSPS) is 13.0. The molecule has 0 radical (unpaired) electrons. The Labute approximate surface area is 128 Å². The van der Waals surface area contributed by atoms with Gasteiger partial charge in [-0.25, -0.2) is 4.39 Å². The number of aromatic nitrogens is 2. The summed E-state index contributed by atoms with van der Waals surface area (Å²) >= 11 is 0. The maximum Gasteiger partial charge on any atom is 0.269 e. The zero-order valence-corrected chi connectivity index (χ0v) is 12.9. The fourth-order valence-corrected chi connectivity index (χ4v) is 1.80. The van der Waals surface area contributed by atoms with E-state index < -0.39 is 6.10 Å². The van der Waals surface area contributed by atoms with Gasteiger partial charge in [0, 0.05) is 12.1 Å². The van der Waals surface area contributed by atoms with E-state index in [-0.39, 0.29) is 23.7 Å². The number of carbonyl (C=O) groups excluding carboxylic acids is 1. The summed E-state index contributed by atoms with van der Waals surface area (Å²) in [6, 6.07) is 7.45. The van der Waals surface area contributed by atoms with Crippen LogP contribution >= 0.6 is 0 Å². The van der Waals surface area contributed by atoms with Crippen LogP contribution in [0.3, 0.4) is 0 Å². The number of nitrogens with zero attached hydrogens (tertiary/aromatic N) is 1. The molecule has 1 aromatic heterocycles. The molecule has 0 bridgehead atoms. The highest BCUT2D eigenvalue weighted by Gasteiger charge is 2.23. The number of benzene rings is 1. The number of rotatable bonds is 4.